The Balaban J connectivity index is 2.64. The van der Waals surface area contributed by atoms with Crippen LogP contribution in [-0.4, -0.2) is 18.3 Å². The summed E-state index contributed by atoms with van der Waals surface area (Å²) in [6, 6.07) is 6.88. The molecule has 0 fully saturated rings. The number of phenols is 1. The van der Waals surface area contributed by atoms with Crippen LogP contribution in [0.4, 0.5) is 0 Å². The molecule has 2 rings (SSSR count). The fourth-order valence-electron chi connectivity index (χ4n) is 2.48. The summed E-state index contributed by atoms with van der Waals surface area (Å²) in [6.07, 6.45) is 5.91. The zero-order chi connectivity index (χ0) is 13.0. The molecule has 0 saturated heterocycles. The monoisotopic (exact) mass is 245 g/mol. The summed E-state index contributed by atoms with van der Waals surface area (Å²) in [5.41, 5.74) is -0.346. The second kappa shape index (κ2) is 5.07. The highest BCUT2D eigenvalue weighted by atomic mass is 16.5. The van der Waals surface area contributed by atoms with E-state index in [1.807, 2.05) is 6.08 Å². The second-order valence-corrected chi connectivity index (χ2v) is 4.25. The van der Waals surface area contributed by atoms with Gasteiger partial charge in [0, 0.05) is 5.56 Å². The third-order valence-electron chi connectivity index (χ3n) is 3.29. The molecule has 4 nitrogen and oxygen atoms in total. The Morgan fingerprint density at radius 2 is 2.22 bits per heavy atom. The average molecular weight is 245 g/mol. The molecule has 0 aromatic heterocycles. The molecule has 0 bridgehead atoms. The Kier molecular flexibility index (Phi) is 3.49. The quantitative estimate of drug-likeness (QED) is 0.657. The number of aromatic hydroxyl groups is 1. The number of ether oxygens (including phenoxy) is 1. The number of methoxy groups -OCH3 is 1. The Bertz CT molecular complexity index is 518. The minimum atomic E-state index is -0.930. The summed E-state index contributed by atoms with van der Waals surface area (Å²) in [6.45, 7) is 0. The number of benzene rings is 1. The van der Waals surface area contributed by atoms with E-state index in [4.69, 9.17) is 4.74 Å². The molecule has 0 radical (unpaired) electrons. The number of nitrogens with zero attached hydrogens (tertiary/aromatic N) is 1. The summed E-state index contributed by atoms with van der Waals surface area (Å²) in [5.74, 6) is 0.708. The topological polar surface area (TPSA) is 58.9 Å². The number of aliphatic imine (C=N–C) groups is 1. The number of para-hydroxylation sites is 1. The van der Waals surface area contributed by atoms with Crippen molar-refractivity contribution in [1.82, 2.24) is 0 Å². The molecule has 0 aliphatic heterocycles. The lowest BCUT2D eigenvalue weighted by atomic mass is 9.79. The zero-order valence-electron chi connectivity index (χ0n) is 10.2. The van der Waals surface area contributed by atoms with Crippen LogP contribution in [-0.2, 0) is 15.1 Å². The highest BCUT2D eigenvalue weighted by molar-refractivity contribution is 5.48. The Morgan fingerprint density at radius 1 is 1.44 bits per heavy atom. The number of allylic oxidation sites excluding steroid dienone is 1. The van der Waals surface area contributed by atoms with Crippen LogP contribution in [0.1, 0.15) is 24.8 Å². The van der Waals surface area contributed by atoms with Gasteiger partial charge in [0.05, 0.1) is 7.11 Å². The molecule has 1 aliphatic rings. The van der Waals surface area contributed by atoms with Crippen molar-refractivity contribution in [3.8, 4) is 5.75 Å². The van der Waals surface area contributed by atoms with Gasteiger partial charge in [0.15, 0.2) is 5.54 Å². The first-order valence-corrected chi connectivity index (χ1v) is 5.87. The van der Waals surface area contributed by atoms with Crippen LogP contribution in [0.15, 0.2) is 41.1 Å². The first-order chi connectivity index (χ1) is 8.74. The average Bonchev–Trinajstić information content (AvgIpc) is 2.40. The summed E-state index contributed by atoms with van der Waals surface area (Å²) in [5, 5.41) is 10.00. The van der Waals surface area contributed by atoms with Gasteiger partial charge in [0.25, 0.3) is 0 Å². The highest BCUT2D eigenvalue weighted by Crippen LogP contribution is 2.45. The smallest absolute Gasteiger partial charge is 0.236 e. The maximum Gasteiger partial charge on any atom is 0.236 e. The van der Waals surface area contributed by atoms with Crippen LogP contribution in [0.3, 0.4) is 0 Å². The highest BCUT2D eigenvalue weighted by Gasteiger charge is 2.41. The molecular formula is C14H15NO3. The number of carbonyl (C=O) groups excluding carboxylic acids is 1. The van der Waals surface area contributed by atoms with E-state index in [1.165, 1.54) is 0 Å². The molecule has 1 atom stereocenters. The molecule has 94 valence electrons. The molecule has 1 N–H and O–H groups in total. The predicted octanol–water partition coefficient (Wildman–Crippen LogP) is 2.64. The van der Waals surface area contributed by atoms with Crippen LogP contribution in [0.5, 0.6) is 5.75 Å². The van der Waals surface area contributed by atoms with E-state index >= 15 is 0 Å². The van der Waals surface area contributed by atoms with Crippen LogP contribution in [0, 0.1) is 0 Å². The van der Waals surface area contributed by atoms with Gasteiger partial charge in [-0.1, -0.05) is 18.2 Å². The number of isocyanates is 1. The lowest BCUT2D eigenvalue weighted by molar-refractivity contribution is 0.199. The molecule has 4 heteroatoms. The lowest BCUT2D eigenvalue weighted by Crippen LogP contribution is -2.29. The van der Waals surface area contributed by atoms with Gasteiger partial charge in [0.2, 0.25) is 6.08 Å². The Morgan fingerprint density at radius 3 is 2.89 bits per heavy atom. The normalized spacial score (nSPS) is 22.8. The molecule has 0 heterocycles. The van der Waals surface area contributed by atoms with E-state index < -0.39 is 5.54 Å². The van der Waals surface area contributed by atoms with Crippen LogP contribution in [0.2, 0.25) is 0 Å². The lowest BCUT2D eigenvalue weighted by Gasteiger charge is -2.33. The Labute approximate surface area is 106 Å². The van der Waals surface area contributed by atoms with Gasteiger partial charge >= 0.3 is 0 Å². The van der Waals surface area contributed by atoms with Gasteiger partial charge in [-0.3, -0.25) is 0 Å². The van der Waals surface area contributed by atoms with Gasteiger partial charge in [-0.2, -0.15) is 4.99 Å². The van der Waals surface area contributed by atoms with Crippen LogP contribution < -0.4 is 0 Å². The summed E-state index contributed by atoms with van der Waals surface area (Å²) in [7, 11) is 1.55. The number of hydrogen-bond acceptors (Lipinski definition) is 4. The van der Waals surface area contributed by atoms with Crippen molar-refractivity contribution in [3.05, 3.63) is 41.7 Å². The third kappa shape index (κ3) is 1.91. The zero-order valence-corrected chi connectivity index (χ0v) is 10.2. The van der Waals surface area contributed by atoms with Crippen molar-refractivity contribution in [2.45, 2.75) is 24.8 Å². The van der Waals surface area contributed by atoms with Crippen LogP contribution >= 0.6 is 0 Å². The number of rotatable bonds is 3. The molecule has 1 aromatic carbocycles. The second-order valence-electron chi connectivity index (χ2n) is 4.25. The fraction of sp³-hybridized carbons (Fsp3) is 0.357. The Hall–Kier alpha value is -2.06. The first-order valence-electron chi connectivity index (χ1n) is 5.87. The first kappa shape index (κ1) is 12.4. The van der Waals surface area contributed by atoms with Crippen molar-refractivity contribution in [3.63, 3.8) is 0 Å². The largest absolute Gasteiger partial charge is 0.508 e. The molecular weight excluding hydrogens is 230 g/mol. The number of phenolic OH excluding ortho intramolecular Hbond substituents is 1. The third-order valence-corrected chi connectivity index (χ3v) is 3.29. The fourth-order valence-corrected chi connectivity index (χ4v) is 2.48. The predicted molar refractivity (Wildman–Crippen MR) is 66.8 cm³/mol. The van der Waals surface area contributed by atoms with Crippen molar-refractivity contribution in [2.24, 2.45) is 4.99 Å². The van der Waals surface area contributed by atoms with E-state index in [0.717, 1.165) is 12.8 Å². The molecule has 0 spiro atoms. The maximum absolute atomic E-state index is 10.8. The molecule has 1 aromatic rings. The summed E-state index contributed by atoms with van der Waals surface area (Å²) < 4.78 is 5.35. The van der Waals surface area contributed by atoms with Gasteiger partial charge in [-0.05, 0) is 31.4 Å². The standard InChI is InChI=1S/C14H15NO3/c1-18-13-8-4-5-9-14(13,15-10-16)11-6-2-3-7-12(11)17/h2-3,6-8,17H,4-5,9H2,1H3/t14-/m0/s1. The minimum Gasteiger partial charge on any atom is -0.508 e. The molecule has 0 saturated carbocycles. The van der Waals surface area contributed by atoms with E-state index in [0.29, 0.717) is 17.7 Å². The van der Waals surface area contributed by atoms with Crippen molar-refractivity contribution >= 4 is 6.08 Å². The molecule has 18 heavy (non-hydrogen) atoms. The summed E-state index contributed by atoms with van der Waals surface area (Å²) in [4.78, 5) is 14.7. The van der Waals surface area contributed by atoms with E-state index in [9.17, 15) is 9.90 Å². The summed E-state index contributed by atoms with van der Waals surface area (Å²) >= 11 is 0. The number of hydrogen-bond donors (Lipinski definition) is 1. The molecule has 1 aliphatic carbocycles. The SMILES string of the molecule is COC1=CCCC[C@]1(N=C=O)c1ccccc1O. The van der Waals surface area contributed by atoms with E-state index in [1.54, 1.807) is 37.5 Å². The van der Waals surface area contributed by atoms with Crippen LogP contribution in [0.25, 0.3) is 0 Å². The van der Waals surface area contributed by atoms with E-state index in [-0.39, 0.29) is 5.75 Å². The molecule has 0 unspecified atom stereocenters. The van der Waals surface area contributed by atoms with Crippen molar-refractivity contribution in [1.29, 1.82) is 0 Å². The minimum absolute atomic E-state index is 0.112. The van der Waals surface area contributed by atoms with Crippen molar-refractivity contribution < 1.29 is 14.6 Å². The van der Waals surface area contributed by atoms with Gasteiger partial charge in [-0.15, -0.1) is 0 Å². The molecule has 0 amide bonds. The van der Waals surface area contributed by atoms with Crippen molar-refractivity contribution in [2.75, 3.05) is 7.11 Å². The maximum atomic E-state index is 10.8. The van der Waals surface area contributed by atoms with Gasteiger partial charge in [-0.25, -0.2) is 4.79 Å². The van der Waals surface area contributed by atoms with Gasteiger partial charge in [0.1, 0.15) is 11.5 Å². The van der Waals surface area contributed by atoms with Gasteiger partial charge < -0.3 is 9.84 Å². The van der Waals surface area contributed by atoms with E-state index in [2.05, 4.69) is 4.99 Å².